The van der Waals surface area contributed by atoms with Crippen LogP contribution in [0.3, 0.4) is 0 Å². The molecule has 188 valence electrons. The smallest absolute Gasteiger partial charge is 0.254 e. The summed E-state index contributed by atoms with van der Waals surface area (Å²) in [6.07, 6.45) is 2.52. The Labute approximate surface area is 215 Å². The molecule has 3 aromatic rings. The number of hydrogen-bond acceptors (Lipinski definition) is 4. The molecule has 0 radical (unpaired) electrons. The van der Waals surface area contributed by atoms with Gasteiger partial charge in [-0.1, -0.05) is 32.0 Å². The average Bonchev–Trinajstić information content (AvgIpc) is 3.61. The highest BCUT2D eigenvalue weighted by atomic mass is 32.1. The first kappa shape index (κ1) is 24.5. The highest BCUT2D eigenvalue weighted by Gasteiger charge is 2.38. The molecule has 2 heterocycles. The summed E-state index contributed by atoms with van der Waals surface area (Å²) in [6, 6.07) is 15.7. The molecule has 5 rings (SSSR count). The lowest BCUT2D eigenvalue weighted by Crippen LogP contribution is -2.48. The Morgan fingerprint density at radius 2 is 1.92 bits per heavy atom. The fourth-order valence-electron chi connectivity index (χ4n) is 4.78. The van der Waals surface area contributed by atoms with Crippen LogP contribution < -0.4 is 4.74 Å². The predicted molar refractivity (Wildman–Crippen MR) is 139 cm³/mol. The Bertz CT molecular complexity index is 1240. The summed E-state index contributed by atoms with van der Waals surface area (Å²) < 4.78 is 19.9. The Kier molecular flexibility index (Phi) is 7.10. The van der Waals surface area contributed by atoms with Gasteiger partial charge >= 0.3 is 0 Å². The van der Waals surface area contributed by atoms with Crippen molar-refractivity contribution in [2.24, 2.45) is 0 Å². The van der Waals surface area contributed by atoms with E-state index >= 15 is 0 Å². The van der Waals surface area contributed by atoms with Crippen LogP contribution in [0, 0.1) is 5.82 Å². The molecule has 2 aliphatic rings. The van der Waals surface area contributed by atoms with E-state index in [9.17, 15) is 14.0 Å². The lowest BCUT2D eigenvalue weighted by Gasteiger charge is -2.37. The molecule has 1 aliphatic heterocycles. The van der Waals surface area contributed by atoms with E-state index < -0.39 is 5.82 Å². The highest BCUT2D eigenvalue weighted by molar-refractivity contribution is 7.10. The lowest BCUT2D eigenvalue weighted by molar-refractivity contribution is -0.135. The van der Waals surface area contributed by atoms with E-state index in [4.69, 9.17) is 4.74 Å². The fourth-order valence-corrected chi connectivity index (χ4v) is 5.70. The molecule has 1 fully saturated rings. The number of carbonyl (C=O) groups excluding carboxylic acids is 2. The first-order valence-corrected chi connectivity index (χ1v) is 13.4. The van der Waals surface area contributed by atoms with Crippen LogP contribution in [0.1, 0.15) is 65.0 Å². The number of rotatable bonds is 8. The number of fused-ring (bicyclic) bond motifs is 1. The van der Waals surface area contributed by atoms with Crippen LogP contribution in [-0.4, -0.2) is 47.4 Å². The van der Waals surface area contributed by atoms with Crippen molar-refractivity contribution in [3.05, 3.63) is 87.4 Å². The van der Waals surface area contributed by atoms with Crippen molar-refractivity contribution in [1.29, 1.82) is 0 Å². The summed E-state index contributed by atoms with van der Waals surface area (Å²) in [5.74, 6) is 0.366. The third-order valence-corrected chi connectivity index (χ3v) is 7.99. The van der Waals surface area contributed by atoms with Gasteiger partial charge < -0.3 is 14.5 Å². The van der Waals surface area contributed by atoms with Gasteiger partial charge in [-0.25, -0.2) is 4.39 Å². The van der Waals surface area contributed by atoms with E-state index in [-0.39, 0.29) is 36.0 Å². The Balaban J connectivity index is 1.32. The molecule has 2 aromatic carbocycles. The standard InChI is InChI=1S/C29H31FN2O3S/c1-19(2)20-6-10-24(11-7-20)35-18-26-25-13-15-36-27(25)12-14-31(26)28(33)17-32(23-8-9-23)29(34)21-4-3-5-22(30)16-21/h3-7,10-11,13,15-16,19,23,26H,8-9,12,14,17-18H2,1-2H3/t26-/m0/s1. The minimum atomic E-state index is -0.456. The monoisotopic (exact) mass is 506 g/mol. The number of nitrogens with zero attached hydrogens (tertiary/aromatic N) is 2. The third-order valence-electron chi connectivity index (χ3n) is 7.00. The Hall–Kier alpha value is -3.19. The number of hydrogen-bond donors (Lipinski definition) is 0. The lowest BCUT2D eigenvalue weighted by atomic mass is 10.00. The van der Waals surface area contributed by atoms with Gasteiger partial charge in [0.1, 0.15) is 24.7 Å². The SMILES string of the molecule is CC(C)c1ccc(OC[C@H]2c3ccsc3CCN2C(=O)CN(C(=O)c2cccc(F)c2)C2CC2)cc1. The zero-order valence-corrected chi connectivity index (χ0v) is 21.5. The van der Waals surface area contributed by atoms with Gasteiger partial charge in [-0.05, 0) is 78.1 Å². The molecule has 7 heteroatoms. The average molecular weight is 507 g/mol. The molecular weight excluding hydrogens is 475 g/mol. The van der Waals surface area contributed by atoms with Gasteiger partial charge in [0.05, 0.1) is 6.04 Å². The van der Waals surface area contributed by atoms with Gasteiger partial charge in [0.25, 0.3) is 5.91 Å². The van der Waals surface area contributed by atoms with Crippen molar-refractivity contribution in [3.63, 3.8) is 0 Å². The van der Waals surface area contributed by atoms with E-state index in [2.05, 4.69) is 37.4 Å². The number of ether oxygens (including phenoxy) is 1. The molecule has 1 aromatic heterocycles. The minimum absolute atomic E-state index is 0.0148. The van der Waals surface area contributed by atoms with E-state index in [1.165, 1.54) is 28.6 Å². The second kappa shape index (κ2) is 10.4. The molecule has 36 heavy (non-hydrogen) atoms. The Morgan fingerprint density at radius 1 is 1.14 bits per heavy atom. The van der Waals surface area contributed by atoms with Crippen LogP contribution in [0.5, 0.6) is 5.75 Å². The highest BCUT2D eigenvalue weighted by Crippen LogP contribution is 2.35. The van der Waals surface area contributed by atoms with Gasteiger partial charge in [-0.15, -0.1) is 11.3 Å². The largest absolute Gasteiger partial charge is 0.491 e. The molecule has 2 amide bonds. The van der Waals surface area contributed by atoms with Crippen molar-refractivity contribution in [1.82, 2.24) is 9.80 Å². The molecule has 0 unspecified atom stereocenters. The second-order valence-corrected chi connectivity index (χ2v) is 10.9. The van der Waals surface area contributed by atoms with Gasteiger partial charge in [0.2, 0.25) is 5.91 Å². The molecule has 1 atom stereocenters. The van der Waals surface area contributed by atoms with E-state index in [0.29, 0.717) is 19.1 Å². The van der Waals surface area contributed by atoms with Crippen molar-refractivity contribution < 1.29 is 18.7 Å². The second-order valence-electron chi connectivity index (χ2n) is 9.86. The number of benzene rings is 2. The summed E-state index contributed by atoms with van der Waals surface area (Å²) in [6.45, 7) is 5.23. The third kappa shape index (κ3) is 5.31. The van der Waals surface area contributed by atoms with Gasteiger partial charge in [-0.3, -0.25) is 9.59 Å². The predicted octanol–water partition coefficient (Wildman–Crippen LogP) is 5.82. The van der Waals surface area contributed by atoms with E-state index in [0.717, 1.165) is 30.6 Å². The van der Waals surface area contributed by atoms with Crippen LogP contribution in [0.25, 0.3) is 0 Å². The van der Waals surface area contributed by atoms with Crippen LogP contribution in [0.2, 0.25) is 0 Å². The number of halogens is 1. The zero-order chi connectivity index (χ0) is 25.2. The fraction of sp³-hybridized carbons (Fsp3) is 0.379. The molecule has 1 aliphatic carbocycles. The van der Waals surface area contributed by atoms with Crippen LogP contribution in [-0.2, 0) is 11.2 Å². The first-order valence-electron chi connectivity index (χ1n) is 12.6. The zero-order valence-electron chi connectivity index (χ0n) is 20.7. The topological polar surface area (TPSA) is 49.9 Å². The summed E-state index contributed by atoms with van der Waals surface area (Å²) in [5.41, 5.74) is 2.64. The molecule has 0 saturated heterocycles. The normalized spacial score (nSPS) is 17.1. The number of carbonyl (C=O) groups is 2. The van der Waals surface area contributed by atoms with Crippen LogP contribution >= 0.6 is 11.3 Å². The van der Waals surface area contributed by atoms with Crippen molar-refractivity contribution in [2.75, 3.05) is 19.7 Å². The number of thiophene rings is 1. The molecular formula is C29H31FN2O3S. The van der Waals surface area contributed by atoms with Crippen molar-refractivity contribution >= 4 is 23.2 Å². The molecule has 0 N–H and O–H groups in total. The van der Waals surface area contributed by atoms with Crippen molar-refractivity contribution in [3.8, 4) is 5.75 Å². The van der Waals surface area contributed by atoms with E-state index in [1.54, 1.807) is 22.3 Å². The quantitative estimate of drug-likeness (QED) is 0.387. The molecule has 0 bridgehead atoms. The first-order chi connectivity index (χ1) is 17.4. The summed E-state index contributed by atoms with van der Waals surface area (Å²) in [5, 5.41) is 2.06. The van der Waals surface area contributed by atoms with Crippen LogP contribution in [0.15, 0.2) is 60.0 Å². The molecule has 5 nitrogen and oxygen atoms in total. The van der Waals surface area contributed by atoms with Crippen molar-refractivity contribution in [2.45, 2.75) is 51.1 Å². The summed E-state index contributed by atoms with van der Waals surface area (Å²) in [7, 11) is 0. The maximum atomic E-state index is 13.7. The molecule has 1 saturated carbocycles. The maximum Gasteiger partial charge on any atom is 0.254 e. The number of amides is 2. The van der Waals surface area contributed by atoms with Gasteiger partial charge in [0, 0.05) is 23.0 Å². The van der Waals surface area contributed by atoms with Gasteiger partial charge in [0.15, 0.2) is 0 Å². The Morgan fingerprint density at radius 3 is 2.61 bits per heavy atom. The van der Waals surface area contributed by atoms with E-state index in [1.807, 2.05) is 17.0 Å². The summed E-state index contributed by atoms with van der Waals surface area (Å²) >= 11 is 1.71. The maximum absolute atomic E-state index is 13.7. The van der Waals surface area contributed by atoms with Crippen LogP contribution in [0.4, 0.5) is 4.39 Å². The molecule has 0 spiro atoms. The minimum Gasteiger partial charge on any atom is -0.491 e. The van der Waals surface area contributed by atoms with Gasteiger partial charge in [-0.2, -0.15) is 0 Å². The summed E-state index contributed by atoms with van der Waals surface area (Å²) in [4.78, 5) is 31.6.